The number of amides is 2. The molecule has 3 aromatic rings. The van der Waals surface area contributed by atoms with Gasteiger partial charge in [-0.15, -0.1) is 0 Å². The first-order chi connectivity index (χ1) is 16.7. The number of hydrogen-bond donors (Lipinski definition) is 1. The van der Waals surface area contributed by atoms with Gasteiger partial charge < -0.3 is 19.5 Å². The molecule has 2 saturated heterocycles. The van der Waals surface area contributed by atoms with E-state index < -0.39 is 12.8 Å². The van der Waals surface area contributed by atoms with Gasteiger partial charge in [0.25, 0.3) is 11.8 Å². The maximum absolute atomic E-state index is 13.4. The van der Waals surface area contributed by atoms with Crippen LogP contribution in [0.15, 0.2) is 42.5 Å². The number of carbonyl (C=O) groups is 2. The largest absolute Gasteiger partial charge is 0.484 e. The summed E-state index contributed by atoms with van der Waals surface area (Å²) in [5, 5.41) is 0.0218. The third-order valence-electron chi connectivity index (χ3n) is 6.41. The van der Waals surface area contributed by atoms with E-state index in [1.165, 1.54) is 18.2 Å². The van der Waals surface area contributed by atoms with E-state index in [1.54, 1.807) is 9.80 Å². The van der Waals surface area contributed by atoms with Gasteiger partial charge in [0, 0.05) is 13.1 Å². The third kappa shape index (κ3) is 4.80. The van der Waals surface area contributed by atoms with Gasteiger partial charge in [-0.2, -0.15) is 13.2 Å². The molecule has 1 aromatic heterocycles. The Kier molecular flexibility index (Phi) is 6.08. The lowest BCUT2D eigenvalue weighted by atomic mass is 9.90. The Hall–Kier alpha value is -3.27. The van der Waals surface area contributed by atoms with Crippen LogP contribution in [0.4, 0.5) is 13.2 Å². The number of aromatic amines is 1. The molecule has 2 fully saturated rings. The Bertz CT molecular complexity index is 1230. The number of carbonyl (C=O) groups excluding carboxylic acids is 2. The molecule has 2 aromatic carbocycles. The van der Waals surface area contributed by atoms with E-state index in [4.69, 9.17) is 16.3 Å². The Morgan fingerprint density at radius 3 is 2.46 bits per heavy atom. The van der Waals surface area contributed by atoms with E-state index in [-0.39, 0.29) is 46.1 Å². The third-order valence-corrected chi connectivity index (χ3v) is 6.72. The van der Waals surface area contributed by atoms with E-state index in [0.29, 0.717) is 18.6 Å². The number of likely N-dealkylation sites (tertiary alicyclic amines) is 1. The molecule has 2 amide bonds. The normalized spacial score (nSPS) is 20.2. The van der Waals surface area contributed by atoms with Gasteiger partial charge in [-0.25, -0.2) is 4.98 Å². The number of H-pyrrole nitrogens is 1. The molecule has 1 N–H and O–H groups in total. The first-order valence-electron chi connectivity index (χ1n) is 11.3. The highest BCUT2D eigenvalue weighted by atomic mass is 35.5. The fourth-order valence-electron chi connectivity index (χ4n) is 4.87. The van der Waals surface area contributed by atoms with Crippen molar-refractivity contribution in [2.24, 2.45) is 0 Å². The summed E-state index contributed by atoms with van der Waals surface area (Å²) in [4.78, 5) is 37.6. The molecule has 7 nitrogen and oxygen atoms in total. The highest BCUT2D eigenvalue weighted by Gasteiger charge is 2.42. The van der Waals surface area contributed by atoms with Crippen LogP contribution in [0.1, 0.15) is 40.2 Å². The lowest BCUT2D eigenvalue weighted by Gasteiger charge is -2.50. The molecule has 2 aliphatic heterocycles. The average molecular weight is 507 g/mol. The maximum Gasteiger partial charge on any atom is 0.422 e. The fraction of sp³-hybridized carbons (Fsp3) is 0.375. The minimum Gasteiger partial charge on any atom is -0.484 e. The van der Waals surface area contributed by atoms with E-state index in [1.807, 2.05) is 24.3 Å². The van der Waals surface area contributed by atoms with Crippen LogP contribution in [0, 0.1) is 0 Å². The van der Waals surface area contributed by atoms with Crippen LogP contribution in [-0.2, 0) is 0 Å². The molecule has 3 heterocycles. The zero-order valence-corrected chi connectivity index (χ0v) is 19.3. The predicted molar refractivity (Wildman–Crippen MR) is 123 cm³/mol. The number of piperidine rings is 1. The molecular formula is C24H22ClF3N4O3. The highest BCUT2D eigenvalue weighted by molar-refractivity contribution is 6.34. The van der Waals surface area contributed by atoms with Crippen molar-refractivity contribution in [2.75, 3.05) is 19.7 Å². The number of alkyl halides is 3. The summed E-state index contributed by atoms with van der Waals surface area (Å²) >= 11 is 6.26. The van der Waals surface area contributed by atoms with Crippen molar-refractivity contribution in [3.8, 4) is 5.75 Å². The van der Waals surface area contributed by atoms with Crippen LogP contribution in [0.3, 0.4) is 0 Å². The van der Waals surface area contributed by atoms with Gasteiger partial charge in [-0.05, 0) is 49.6 Å². The van der Waals surface area contributed by atoms with Crippen molar-refractivity contribution in [2.45, 2.75) is 37.5 Å². The van der Waals surface area contributed by atoms with Gasteiger partial charge in [-0.3, -0.25) is 9.59 Å². The minimum atomic E-state index is -4.47. The average Bonchev–Trinajstić information content (AvgIpc) is 3.25. The number of imidazole rings is 1. The topological polar surface area (TPSA) is 78.5 Å². The summed E-state index contributed by atoms with van der Waals surface area (Å²) in [5.41, 5.74) is 1.68. The van der Waals surface area contributed by atoms with Crippen molar-refractivity contribution in [1.29, 1.82) is 0 Å². The van der Waals surface area contributed by atoms with Crippen LogP contribution in [0.5, 0.6) is 5.75 Å². The Morgan fingerprint density at radius 2 is 1.80 bits per heavy atom. The molecule has 11 heteroatoms. The SMILES string of the molecule is O=C(c1nc2ccccc2[nH]1)N1CC2CCCC(C1)N2C(=O)c1ccc(OCC(F)(F)F)cc1Cl. The summed E-state index contributed by atoms with van der Waals surface area (Å²) in [6.07, 6.45) is -2.07. The van der Waals surface area contributed by atoms with Crippen molar-refractivity contribution in [3.63, 3.8) is 0 Å². The Balaban J connectivity index is 1.32. The van der Waals surface area contributed by atoms with E-state index in [0.717, 1.165) is 24.8 Å². The van der Waals surface area contributed by atoms with Crippen LogP contribution in [0.25, 0.3) is 11.0 Å². The summed E-state index contributed by atoms with van der Waals surface area (Å²) in [5.74, 6) is -0.316. The summed E-state index contributed by atoms with van der Waals surface area (Å²) in [7, 11) is 0. The summed E-state index contributed by atoms with van der Waals surface area (Å²) in [6.45, 7) is -0.715. The molecular weight excluding hydrogens is 485 g/mol. The van der Waals surface area contributed by atoms with Gasteiger partial charge in [0.15, 0.2) is 12.4 Å². The van der Waals surface area contributed by atoms with Crippen LogP contribution < -0.4 is 4.74 Å². The standard InChI is InChI=1S/C24H22ClF3N4O3/c25-18-10-16(35-13-24(26,27)28)8-9-17(18)22(33)32-14-4-3-5-15(32)12-31(11-14)23(34)21-29-19-6-1-2-7-20(19)30-21/h1-2,6-10,14-15H,3-5,11-13H2,(H,29,30). The molecule has 0 spiro atoms. The first-order valence-corrected chi connectivity index (χ1v) is 11.6. The zero-order valence-electron chi connectivity index (χ0n) is 18.5. The molecule has 2 unspecified atom stereocenters. The number of piperazine rings is 1. The number of ether oxygens (including phenoxy) is 1. The highest BCUT2D eigenvalue weighted by Crippen LogP contribution is 2.33. The molecule has 0 radical (unpaired) electrons. The molecule has 0 saturated carbocycles. The molecule has 2 atom stereocenters. The van der Waals surface area contributed by atoms with Crippen molar-refractivity contribution >= 4 is 34.4 Å². The monoisotopic (exact) mass is 506 g/mol. The van der Waals surface area contributed by atoms with Gasteiger partial charge in [0.2, 0.25) is 0 Å². The van der Waals surface area contributed by atoms with E-state index in [9.17, 15) is 22.8 Å². The first kappa shape index (κ1) is 23.5. The Morgan fingerprint density at radius 1 is 1.09 bits per heavy atom. The predicted octanol–water partition coefficient (Wildman–Crippen LogP) is 4.68. The zero-order chi connectivity index (χ0) is 24.7. The summed E-state index contributed by atoms with van der Waals surface area (Å²) in [6, 6.07) is 10.9. The van der Waals surface area contributed by atoms with Gasteiger partial charge in [0.05, 0.1) is 33.7 Å². The summed E-state index contributed by atoms with van der Waals surface area (Å²) < 4.78 is 42.0. The number of halogens is 4. The number of nitrogens with zero attached hydrogens (tertiary/aromatic N) is 3. The molecule has 2 aliphatic rings. The van der Waals surface area contributed by atoms with E-state index >= 15 is 0 Å². The van der Waals surface area contributed by atoms with Crippen molar-refractivity contribution < 1.29 is 27.5 Å². The number of benzene rings is 2. The van der Waals surface area contributed by atoms with Gasteiger partial charge in [0.1, 0.15) is 5.75 Å². The van der Waals surface area contributed by atoms with Crippen molar-refractivity contribution in [1.82, 2.24) is 19.8 Å². The number of para-hydroxylation sites is 2. The quantitative estimate of drug-likeness (QED) is 0.557. The molecule has 35 heavy (non-hydrogen) atoms. The molecule has 5 rings (SSSR count). The minimum absolute atomic E-state index is 0.0218. The molecule has 0 aliphatic carbocycles. The number of fused-ring (bicyclic) bond motifs is 3. The van der Waals surface area contributed by atoms with Crippen LogP contribution >= 0.6 is 11.6 Å². The molecule has 2 bridgehead atoms. The van der Waals surface area contributed by atoms with Crippen molar-refractivity contribution in [3.05, 3.63) is 58.9 Å². The van der Waals surface area contributed by atoms with Crippen LogP contribution in [-0.4, -0.2) is 69.5 Å². The fourth-order valence-corrected chi connectivity index (χ4v) is 5.12. The number of aromatic nitrogens is 2. The Labute approximate surface area is 203 Å². The van der Waals surface area contributed by atoms with Gasteiger partial charge >= 0.3 is 6.18 Å². The van der Waals surface area contributed by atoms with Crippen LogP contribution in [0.2, 0.25) is 5.02 Å². The second-order valence-electron chi connectivity index (χ2n) is 8.81. The lowest BCUT2D eigenvalue weighted by Crippen LogP contribution is -2.63. The number of nitrogens with one attached hydrogen (secondary N) is 1. The second-order valence-corrected chi connectivity index (χ2v) is 9.22. The van der Waals surface area contributed by atoms with Gasteiger partial charge in [-0.1, -0.05) is 23.7 Å². The van der Waals surface area contributed by atoms with E-state index in [2.05, 4.69) is 9.97 Å². The second kappa shape index (κ2) is 9.07. The molecule has 184 valence electrons. The smallest absolute Gasteiger partial charge is 0.422 e. The number of hydrogen-bond acceptors (Lipinski definition) is 4. The maximum atomic E-state index is 13.4. The lowest BCUT2D eigenvalue weighted by molar-refractivity contribution is -0.153. The number of rotatable bonds is 4.